The lowest BCUT2D eigenvalue weighted by Gasteiger charge is -2.32. The summed E-state index contributed by atoms with van der Waals surface area (Å²) in [7, 11) is 0. The molecular weight excluding hydrogens is 340 g/mol. The predicted molar refractivity (Wildman–Crippen MR) is 85.3 cm³/mol. The van der Waals surface area contributed by atoms with Crippen LogP contribution in [0.3, 0.4) is 0 Å². The summed E-state index contributed by atoms with van der Waals surface area (Å²) in [5.74, 6) is 0. The molecule has 1 N–H and O–H groups in total. The van der Waals surface area contributed by atoms with Crippen LogP contribution in [0.25, 0.3) is 0 Å². The second-order valence-electron chi connectivity index (χ2n) is 6.79. The zero-order chi connectivity index (χ0) is 16.8. The number of halogens is 1. The number of hydrogen-bond acceptors (Lipinski definition) is 4. The Morgan fingerprint density at radius 2 is 1.57 bits per heavy atom. The van der Waals surface area contributed by atoms with E-state index in [0.29, 0.717) is 11.8 Å². The lowest BCUT2D eigenvalue weighted by molar-refractivity contribution is -0.00791. The molecule has 0 aromatic heterocycles. The second-order valence-corrected chi connectivity index (χ2v) is 7.58. The lowest BCUT2D eigenvalue weighted by atomic mass is 10.2. The van der Waals surface area contributed by atoms with E-state index in [-0.39, 0.29) is 6.04 Å². The predicted octanol–water partition coefficient (Wildman–Crippen LogP) is 3.84. The van der Waals surface area contributed by atoms with Crippen molar-refractivity contribution in [3.05, 3.63) is 0 Å². The van der Waals surface area contributed by atoms with Gasteiger partial charge in [0.25, 0.3) is 0 Å². The van der Waals surface area contributed by atoms with E-state index in [2.05, 4.69) is 21.4 Å². The standard InChI is InChI=1S/C14H27BrN2O4/c1-10(8-9-15)17(12(19)21-14(5,6)7)16-11(18)20-13(2,3)4/h10H,8-9H2,1-7H3,(H,16,18). The van der Waals surface area contributed by atoms with Crippen molar-refractivity contribution in [1.29, 1.82) is 0 Å². The number of nitrogens with one attached hydrogen (secondary N) is 1. The molecule has 0 aliphatic heterocycles. The molecule has 6 nitrogen and oxygen atoms in total. The third kappa shape index (κ3) is 9.55. The highest BCUT2D eigenvalue weighted by Gasteiger charge is 2.29. The van der Waals surface area contributed by atoms with E-state index in [1.807, 2.05) is 6.92 Å². The maximum absolute atomic E-state index is 12.2. The normalized spacial score (nSPS) is 13.3. The highest BCUT2D eigenvalue weighted by Crippen LogP contribution is 2.13. The van der Waals surface area contributed by atoms with E-state index in [4.69, 9.17) is 9.47 Å². The first-order chi connectivity index (χ1) is 9.35. The molecule has 0 aromatic carbocycles. The summed E-state index contributed by atoms with van der Waals surface area (Å²) >= 11 is 3.32. The van der Waals surface area contributed by atoms with Crippen LogP contribution in [0.5, 0.6) is 0 Å². The number of hydrogen-bond donors (Lipinski definition) is 1. The first-order valence-corrected chi connectivity index (χ1v) is 8.05. The molecule has 1 atom stereocenters. The molecule has 21 heavy (non-hydrogen) atoms. The van der Waals surface area contributed by atoms with Gasteiger partial charge in [-0.15, -0.1) is 0 Å². The Balaban J connectivity index is 4.90. The molecule has 0 saturated carbocycles. The third-order valence-corrected chi connectivity index (χ3v) is 2.63. The number of ether oxygens (including phenoxy) is 2. The molecule has 1 unspecified atom stereocenters. The van der Waals surface area contributed by atoms with Crippen molar-refractivity contribution in [2.75, 3.05) is 5.33 Å². The molecule has 0 aliphatic rings. The summed E-state index contributed by atoms with van der Waals surface area (Å²) in [6.45, 7) is 12.4. The van der Waals surface area contributed by atoms with E-state index in [0.717, 1.165) is 0 Å². The molecule has 0 rings (SSSR count). The van der Waals surface area contributed by atoms with Crippen LogP contribution in [0, 0.1) is 0 Å². The highest BCUT2D eigenvalue weighted by molar-refractivity contribution is 9.09. The molecule has 7 heteroatoms. The topological polar surface area (TPSA) is 67.9 Å². The van der Waals surface area contributed by atoms with E-state index in [1.165, 1.54) is 5.01 Å². The van der Waals surface area contributed by atoms with Crippen molar-refractivity contribution in [2.24, 2.45) is 0 Å². The Labute approximate surface area is 135 Å². The van der Waals surface area contributed by atoms with Gasteiger partial charge in [-0.05, 0) is 54.9 Å². The van der Waals surface area contributed by atoms with Crippen molar-refractivity contribution in [3.8, 4) is 0 Å². The number of nitrogens with zero attached hydrogens (tertiary/aromatic N) is 1. The summed E-state index contributed by atoms with van der Waals surface area (Å²) < 4.78 is 10.5. The highest BCUT2D eigenvalue weighted by atomic mass is 79.9. The van der Waals surface area contributed by atoms with Gasteiger partial charge in [0, 0.05) is 5.33 Å². The van der Waals surface area contributed by atoms with E-state index < -0.39 is 23.4 Å². The summed E-state index contributed by atoms with van der Waals surface area (Å²) in [4.78, 5) is 24.0. The van der Waals surface area contributed by atoms with Crippen molar-refractivity contribution in [2.45, 2.75) is 72.1 Å². The van der Waals surface area contributed by atoms with Crippen LogP contribution in [0.4, 0.5) is 9.59 Å². The Morgan fingerprint density at radius 3 is 1.95 bits per heavy atom. The van der Waals surface area contributed by atoms with Gasteiger partial charge < -0.3 is 9.47 Å². The van der Waals surface area contributed by atoms with Gasteiger partial charge in [0.2, 0.25) is 0 Å². The van der Waals surface area contributed by atoms with E-state index in [9.17, 15) is 9.59 Å². The van der Waals surface area contributed by atoms with E-state index >= 15 is 0 Å². The molecule has 0 fully saturated rings. The minimum absolute atomic E-state index is 0.230. The van der Waals surface area contributed by atoms with Crippen molar-refractivity contribution in [1.82, 2.24) is 10.4 Å². The molecule has 0 aliphatic carbocycles. The first kappa shape index (κ1) is 20.0. The van der Waals surface area contributed by atoms with Gasteiger partial charge in [-0.1, -0.05) is 15.9 Å². The van der Waals surface area contributed by atoms with Crippen molar-refractivity contribution in [3.63, 3.8) is 0 Å². The largest absolute Gasteiger partial charge is 0.443 e. The molecule has 0 heterocycles. The van der Waals surface area contributed by atoms with Gasteiger partial charge in [0.05, 0.1) is 6.04 Å². The smallest absolute Gasteiger partial charge is 0.429 e. The number of rotatable bonds is 3. The summed E-state index contributed by atoms with van der Waals surface area (Å²) in [5.41, 5.74) is 1.18. The molecule has 0 radical (unpaired) electrons. The fourth-order valence-corrected chi connectivity index (χ4v) is 2.00. The molecular formula is C14H27BrN2O4. The van der Waals surface area contributed by atoms with Gasteiger partial charge in [-0.3, -0.25) is 0 Å². The van der Waals surface area contributed by atoms with Crippen LogP contribution in [0.1, 0.15) is 54.9 Å². The molecule has 0 saturated heterocycles. The summed E-state index contributed by atoms with van der Waals surface area (Å²) in [5, 5.41) is 1.87. The van der Waals surface area contributed by atoms with Gasteiger partial charge in [-0.25, -0.2) is 20.0 Å². The maximum atomic E-state index is 12.2. The first-order valence-electron chi connectivity index (χ1n) is 6.93. The summed E-state index contributed by atoms with van der Waals surface area (Å²) in [6.07, 6.45) is -0.633. The van der Waals surface area contributed by atoms with Crippen molar-refractivity contribution >= 4 is 28.1 Å². The summed E-state index contributed by atoms with van der Waals surface area (Å²) in [6, 6.07) is -0.230. The van der Waals surface area contributed by atoms with Crippen LogP contribution in [0.2, 0.25) is 0 Å². The number of alkyl halides is 1. The number of carbonyl (C=O) groups excluding carboxylic acids is 2. The molecule has 0 bridgehead atoms. The van der Waals surface area contributed by atoms with Crippen LogP contribution in [-0.2, 0) is 9.47 Å². The van der Waals surface area contributed by atoms with Crippen LogP contribution in [0.15, 0.2) is 0 Å². The Kier molecular flexibility index (Phi) is 7.50. The second kappa shape index (κ2) is 7.87. The minimum atomic E-state index is -0.685. The average molecular weight is 367 g/mol. The van der Waals surface area contributed by atoms with Gasteiger partial charge in [-0.2, -0.15) is 0 Å². The zero-order valence-corrected chi connectivity index (χ0v) is 15.5. The van der Waals surface area contributed by atoms with Crippen molar-refractivity contribution < 1.29 is 19.1 Å². The number of hydrazine groups is 1. The Morgan fingerprint density at radius 1 is 1.10 bits per heavy atom. The number of amides is 2. The fourth-order valence-electron chi connectivity index (χ4n) is 1.33. The molecule has 0 spiro atoms. The lowest BCUT2D eigenvalue weighted by Crippen LogP contribution is -2.53. The third-order valence-electron chi connectivity index (χ3n) is 2.17. The van der Waals surface area contributed by atoms with Crippen LogP contribution >= 0.6 is 15.9 Å². The maximum Gasteiger partial charge on any atom is 0.429 e. The Bertz CT molecular complexity index is 361. The minimum Gasteiger partial charge on any atom is -0.443 e. The Hall–Kier alpha value is -0.980. The molecule has 2 amide bonds. The van der Waals surface area contributed by atoms with Gasteiger partial charge >= 0.3 is 12.2 Å². The monoisotopic (exact) mass is 366 g/mol. The van der Waals surface area contributed by atoms with Gasteiger partial charge in [0.1, 0.15) is 11.2 Å². The average Bonchev–Trinajstić information content (AvgIpc) is 2.20. The van der Waals surface area contributed by atoms with E-state index in [1.54, 1.807) is 41.5 Å². The zero-order valence-electron chi connectivity index (χ0n) is 13.9. The SMILES string of the molecule is CC(CCBr)N(NC(=O)OC(C)(C)C)C(=O)OC(C)(C)C. The van der Waals surface area contributed by atoms with Crippen LogP contribution in [-0.4, -0.2) is 39.8 Å². The fraction of sp³-hybridized carbons (Fsp3) is 0.857. The molecule has 0 aromatic rings. The quantitative estimate of drug-likeness (QED) is 0.608. The number of carbonyl (C=O) groups is 2. The molecule has 124 valence electrons. The van der Waals surface area contributed by atoms with Gasteiger partial charge in [0.15, 0.2) is 0 Å². The van der Waals surface area contributed by atoms with Crippen LogP contribution < -0.4 is 5.43 Å².